The zero-order valence-electron chi connectivity index (χ0n) is 6.13. The maximum atomic E-state index is 10.4. The summed E-state index contributed by atoms with van der Waals surface area (Å²) >= 11 is 6.46. The molecule has 3 heteroatoms. The minimum Gasteiger partial charge on any atom is -0.297 e. The van der Waals surface area contributed by atoms with E-state index in [4.69, 9.17) is 0 Å². The van der Waals surface area contributed by atoms with Crippen LogP contribution in [0.15, 0.2) is 34.8 Å². The molecule has 12 heavy (non-hydrogen) atoms. The van der Waals surface area contributed by atoms with Crippen LogP contribution in [-0.2, 0) is 4.79 Å². The first kappa shape index (κ1) is 9.68. The molecular formula is C9H6Br2O. The Morgan fingerprint density at radius 3 is 2.25 bits per heavy atom. The third-order valence-corrected chi connectivity index (χ3v) is 3.34. The number of benzene rings is 1. The molecule has 0 N–H and O–H groups in total. The van der Waals surface area contributed by atoms with E-state index in [1.165, 1.54) is 0 Å². The van der Waals surface area contributed by atoms with Crippen LogP contribution in [0, 0.1) is 0 Å². The van der Waals surface area contributed by atoms with Crippen LogP contribution in [0.2, 0.25) is 0 Å². The summed E-state index contributed by atoms with van der Waals surface area (Å²) in [6, 6.07) is 9.62. The Balaban J connectivity index is 3.08. The highest BCUT2D eigenvalue weighted by atomic mass is 79.9. The molecule has 1 aromatic carbocycles. The van der Waals surface area contributed by atoms with E-state index >= 15 is 0 Å². The number of carbonyl (C=O) groups is 1. The van der Waals surface area contributed by atoms with Crippen LogP contribution >= 0.6 is 31.9 Å². The van der Waals surface area contributed by atoms with E-state index in [1.807, 2.05) is 30.3 Å². The van der Waals surface area contributed by atoms with Crippen molar-refractivity contribution < 1.29 is 4.79 Å². The van der Waals surface area contributed by atoms with Gasteiger partial charge in [0, 0.05) is 4.48 Å². The first-order chi connectivity index (χ1) is 5.75. The monoisotopic (exact) mass is 288 g/mol. The maximum Gasteiger partial charge on any atom is 0.158 e. The fourth-order valence-corrected chi connectivity index (χ4v) is 1.36. The molecule has 0 heterocycles. The summed E-state index contributed by atoms with van der Waals surface area (Å²) in [4.78, 5) is 10.4. The number of allylic oxidation sites excluding steroid dienone is 1. The molecular weight excluding hydrogens is 284 g/mol. The molecule has 0 aliphatic carbocycles. The van der Waals surface area contributed by atoms with Gasteiger partial charge in [-0.25, -0.2) is 0 Å². The van der Waals surface area contributed by atoms with Crippen molar-refractivity contribution in [2.24, 2.45) is 0 Å². The van der Waals surface area contributed by atoms with Crippen molar-refractivity contribution in [3.8, 4) is 0 Å². The maximum absolute atomic E-state index is 10.4. The van der Waals surface area contributed by atoms with E-state index in [0.29, 0.717) is 4.48 Å². The molecule has 0 radical (unpaired) electrons. The molecule has 0 fully saturated rings. The zero-order chi connectivity index (χ0) is 8.97. The number of rotatable bonds is 2. The van der Waals surface area contributed by atoms with Gasteiger partial charge in [-0.3, -0.25) is 4.79 Å². The molecule has 1 aromatic rings. The molecule has 0 aliphatic rings. The second-order valence-corrected chi connectivity index (χ2v) is 3.79. The van der Waals surface area contributed by atoms with Crippen molar-refractivity contribution in [2.75, 3.05) is 0 Å². The molecule has 0 amide bonds. The zero-order valence-corrected chi connectivity index (χ0v) is 9.30. The Morgan fingerprint density at radius 1 is 1.17 bits per heavy atom. The van der Waals surface area contributed by atoms with E-state index in [1.54, 1.807) is 0 Å². The van der Waals surface area contributed by atoms with Gasteiger partial charge in [-0.1, -0.05) is 30.3 Å². The lowest BCUT2D eigenvalue weighted by Gasteiger charge is -1.98. The fraction of sp³-hybridized carbons (Fsp3) is 0. The largest absolute Gasteiger partial charge is 0.297 e. The summed E-state index contributed by atoms with van der Waals surface area (Å²) in [5.74, 6) is 0. The second-order valence-electron chi connectivity index (χ2n) is 2.15. The number of hydrogen-bond acceptors (Lipinski definition) is 1. The van der Waals surface area contributed by atoms with Gasteiger partial charge in [0.25, 0.3) is 0 Å². The van der Waals surface area contributed by atoms with Gasteiger partial charge in [0.05, 0.1) is 4.48 Å². The van der Waals surface area contributed by atoms with Crippen molar-refractivity contribution in [1.29, 1.82) is 0 Å². The van der Waals surface area contributed by atoms with Gasteiger partial charge in [-0.15, -0.1) is 0 Å². The van der Waals surface area contributed by atoms with Crippen LogP contribution in [0.4, 0.5) is 0 Å². The Kier molecular flexibility index (Phi) is 3.69. The third-order valence-electron chi connectivity index (χ3n) is 1.34. The molecule has 0 aromatic heterocycles. The summed E-state index contributed by atoms with van der Waals surface area (Å²) in [5.41, 5.74) is 0.983. The van der Waals surface area contributed by atoms with Crippen molar-refractivity contribution >= 4 is 42.6 Å². The minimum atomic E-state index is 0.522. The highest BCUT2D eigenvalue weighted by Crippen LogP contribution is 2.26. The fourth-order valence-electron chi connectivity index (χ4n) is 0.774. The summed E-state index contributed by atoms with van der Waals surface area (Å²) in [7, 11) is 0. The van der Waals surface area contributed by atoms with Crippen LogP contribution in [-0.4, -0.2) is 6.29 Å². The summed E-state index contributed by atoms with van der Waals surface area (Å²) in [5, 5.41) is 0. The van der Waals surface area contributed by atoms with Crippen molar-refractivity contribution in [2.45, 2.75) is 0 Å². The molecule has 0 bridgehead atoms. The van der Waals surface area contributed by atoms with Gasteiger partial charge in [0.1, 0.15) is 0 Å². The molecule has 1 nitrogen and oxygen atoms in total. The van der Waals surface area contributed by atoms with E-state index in [2.05, 4.69) is 31.9 Å². The highest BCUT2D eigenvalue weighted by molar-refractivity contribution is 9.16. The molecule has 0 atom stereocenters. The third kappa shape index (κ3) is 2.29. The summed E-state index contributed by atoms with van der Waals surface area (Å²) < 4.78 is 1.30. The molecule has 1 rings (SSSR count). The smallest absolute Gasteiger partial charge is 0.158 e. The highest BCUT2D eigenvalue weighted by Gasteiger charge is 2.00. The lowest BCUT2D eigenvalue weighted by molar-refractivity contribution is -0.104. The number of halogens is 2. The van der Waals surface area contributed by atoms with E-state index < -0.39 is 0 Å². The molecule has 0 saturated carbocycles. The van der Waals surface area contributed by atoms with Crippen LogP contribution in [0.5, 0.6) is 0 Å². The van der Waals surface area contributed by atoms with Crippen molar-refractivity contribution in [1.82, 2.24) is 0 Å². The average Bonchev–Trinajstić information content (AvgIpc) is 2.17. The van der Waals surface area contributed by atoms with Crippen molar-refractivity contribution in [3.05, 3.63) is 40.4 Å². The summed E-state index contributed by atoms with van der Waals surface area (Å²) in [6.07, 6.45) is 0.761. The van der Waals surface area contributed by atoms with E-state index in [9.17, 15) is 4.79 Å². The lowest BCUT2D eigenvalue weighted by atomic mass is 10.2. The number of aldehydes is 1. The van der Waals surface area contributed by atoms with Crippen LogP contribution in [0.1, 0.15) is 5.56 Å². The number of carbonyl (C=O) groups excluding carboxylic acids is 1. The second kappa shape index (κ2) is 4.58. The SMILES string of the molecule is O=C/C(Br)=C(\Br)c1ccccc1. The number of hydrogen-bond donors (Lipinski definition) is 0. The van der Waals surface area contributed by atoms with Crippen LogP contribution < -0.4 is 0 Å². The quantitative estimate of drug-likeness (QED) is 0.603. The standard InChI is InChI=1S/C9H6Br2O/c10-8(6-12)9(11)7-4-2-1-3-5-7/h1-6H/b9-8+. The van der Waals surface area contributed by atoms with Gasteiger partial charge in [-0.2, -0.15) is 0 Å². The first-order valence-electron chi connectivity index (χ1n) is 3.31. The topological polar surface area (TPSA) is 17.1 Å². The molecule has 0 unspecified atom stereocenters. The molecule has 62 valence electrons. The van der Waals surface area contributed by atoms with Crippen molar-refractivity contribution in [3.63, 3.8) is 0 Å². The predicted molar refractivity (Wildman–Crippen MR) is 57.3 cm³/mol. The normalized spacial score (nSPS) is 12.2. The Labute approximate surface area is 87.7 Å². The Bertz CT molecular complexity index is 304. The van der Waals surface area contributed by atoms with E-state index in [0.717, 1.165) is 16.3 Å². The van der Waals surface area contributed by atoms with Crippen LogP contribution in [0.3, 0.4) is 0 Å². The van der Waals surface area contributed by atoms with Gasteiger partial charge in [0.2, 0.25) is 0 Å². The molecule has 0 aliphatic heterocycles. The lowest BCUT2D eigenvalue weighted by Crippen LogP contribution is -1.79. The van der Waals surface area contributed by atoms with E-state index in [-0.39, 0.29) is 0 Å². The molecule has 0 saturated heterocycles. The predicted octanol–water partition coefficient (Wildman–Crippen LogP) is 3.34. The Morgan fingerprint density at radius 2 is 1.75 bits per heavy atom. The molecule has 0 spiro atoms. The van der Waals surface area contributed by atoms with Gasteiger partial charge in [-0.05, 0) is 37.4 Å². The average molecular weight is 290 g/mol. The minimum absolute atomic E-state index is 0.522. The van der Waals surface area contributed by atoms with Gasteiger partial charge >= 0.3 is 0 Å². The van der Waals surface area contributed by atoms with Crippen LogP contribution in [0.25, 0.3) is 4.48 Å². The summed E-state index contributed by atoms with van der Waals surface area (Å²) in [6.45, 7) is 0. The van der Waals surface area contributed by atoms with Gasteiger partial charge in [0.15, 0.2) is 6.29 Å². The Hall–Kier alpha value is -0.410. The van der Waals surface area contributed by atoms with Gasteiger partial charge < -0.3 is 0 Å². The first-order valence-corrected chi connectivity index (χ1v) is 4.90.